The number of hydrogen-bond acceptors (Lipinski definition) is 14. The molecule has 0 aromatic carbocycles. The van der Waals surface area contributed by atoms with Crippen molar-refractivity contribution in [2.24, 2.45) is 33.8 Å². The lowest BCUT2D eigenvalue weighted by Crippen LogP contribution is -2.60. The predicted octanol–water partition coefficient (Wildman–Crippen LogP) is 4.24. The summed E-state index contributed by atoms with van der Waals surface area (Å²) < 4.78 is 39.7. The van der Waals surface area contributed by atoms with Crippen molar-refractivity contribution in [3.8, 4) is 0 Å². The lowest BCUT2D eigenvalue weighted by atomic mass is 9.72. The van der Waals surface area contributed by atoms with E-state index in [1.165, 1.54) is 0 Å². The molecule has 1 aromatic heterocycles. The number of oxime groups is 1. The second-order valence-electron chi connectivity index (χ2n) is 17.1. The highest BCUT2D eigenvalue weighted by molar-refractivity contribution is 5.91. The van der Waals surface area contributed by atoms with E-state index in [2.05, 4.69) is 24.0 Å². The first-order chi connectivity index (χ1) is 26.6. The van der Waals surface area contributed by atoms with Crippen molar-refractivity contribution < 1.29 is 48.0 Å². The van der Waals surface area contributed by atoms with Crippen molar-refractivity contribution in [1.29, 1.82) is 0 Å². The van der Waals surface area contributed by atoms with Gasteiger partial charge in [0.05, 0.1) is 61.3 Å². The van der Waals surface area contributed by atoms with Gasteiger partial charge in [-0.25, -0.2) is 4.79 Å². The van der Waals surface area contributed by atoms with E-state index < -0.39 is 71.8 Å². The first kappa shape index (κ1) is 42.4. The van der Waals surface area contributed by atoms with Crippen LogP contribution in [0.2, 0.25) is 0 Å². The molecule has 15 nitrogen and oxygen atoms in total. The SMILES string of the molecule is CC[C@H]1OC(=O)[C@H](C)[C@H]2OC/C(=N\OCc3ccccn3)CO[C@](C)(C[C@@H](C)C3=NCCN4C(=O)O[C@@]1(C)[C@H]4[C@H]3C)[C@H](O[C@H]1O[C@@H](C)C[C@@H](N(C)C)[C@@H]1O)[C@H]2C. The molecule has 0 unspecified atom stereocenters. The Morgan fingerprint density at radius 1 is 1.09 bits per heavy atom. The lowest BCUT2D eigenvalue weighted by molar-refractivity contribution is -0.302. The Kier molecular flexibility index (Phi) is 13.1. The van der Waals surface area contributed by atoms with Gasteiger partial charge < -0.3 is 43.3 Å². The molecule has 5 aliphatic heterocycles. The average molecular weight is 786 g/mol. The third-order valence-electron chi connectivity index (χ3n) is 12.7. The smallest absolute Gasteiger partial charge is 0.410 e. The minimum absolute atomic E-state index is 0.00278. The number of pyridine rings is 1. The number of nitrogens with zero attached hydrogens (tertiary/aromatic N) is 5. The van der Waals surface area contributed by atoms with Gasteiger partial charge in [0.15, 0.2) is 18.5 Å². The number of likely N-dealkylation sites (N-methyl/N-ethyl adjacent to an activating group) is 1. The molecule has 15 heteroatoms. The summed E-state index contributed by atoms with van der Waals surface area (Å²) in [6.45, 7) is 16.7. The van der Waals surface area contributed by atoms with Crippen LogP contribution >= 0.6 is 0 Å². The van der Waals surface area contributed by atoms with Gasteiger partial charge in [-0.05, 0) is 79.1 Å². The Morgan fingerprint density at radius 3 is 2.55 bits per heavy atom. The lowest BCUT2D eigenvalue weighted by Gasteiger charge is -2.48. The van der Waals surface area contributed by atoms with Crippen molar-refractivity contribution in [2.75, 3.05) is 40.4 Å². The van der Waals surface area contributed by atoms with Gasteiger partial charge in [0.25, 0.3) is 0 Å². The van der Waals surface area contributed by atoms with Gasteiger partial charge in [-0.15, -0.1) is 0 Å². The van der Waals surface area contributed by atoms with Crippen LogP contribution in [0.25, 0.3) is 0 Å². The summed E-state index contributed by atoms with van der Waals surface area (Å²) >= 11 is 0. The number of aliphatic imine (C=N–C) groups is 1. The molecule has 5 aliphatic rings. The molecule has 0 spiro atoms. The topological polar surface area (TPSA) is 163 Å². The molecule has 4 saturated heterocycles. The molecule has 6 rings (SSSR count). The minimum Gasteiger partial charge on any atom is -0.458 e. The third kappa shape index (κ3) is 8.49. The molecule has 1 amide bonds. The number of cyclic esters (lactones) is 1. The van der Waals surface area contributed by atoms with Crippen LogP contribution < -0.4 is 0 Å². The Bertz CT molecular complexity index is 1600. The maximum atomic E-state index is 14.5. The average Bonchev–Trinajstić information content (AvgIpc) is 3.30. The zero-order valence-corrected chi connectivity index (χ0v) is 34.8. The Balaban J connectivity index is 1.45. The van der Waals surface area contributed by atoms with Crippen LogP contribution in [0, 0.1) is 23.7 Å². The molecule has 1 aromatic rings. The summed E-state index contributed by atoms with van der Waals surface area (Å²) in [6.07, 6.45) is -1.68. The van der Waals surface area contributed by atoms with E-state index in [1.54, 1.807) is 18.0 Å². The van der Waals surface area contributed by atoms with E-state index in [9.17, 15) is 14.7 Å². The largest absolute Gasteiger partial charge is 0.458 e. The number of aliphatic hydroxyl groups excluding tert-OH is 1. The fourth-order valence-electron chi connectivity index (χ4n) is 9.89. The summed E-state index contributed by atoms with van der Waals surface area (Å²) in [6, 6.07) is 4.93. The number of fused-ring (bicyclic) bond motifs is 4. The second kappa shape index (κ2) is 17.3. The van der Waals surface area contributed by atoms with Crippen LogP contribution in [0.3, 0.4) is 0 Å². The van der Waals surface area contributed by atoms with Gasteiger partial charge >= 0.3 is 12.1 Å². The van der Waals surface area contributed by atoms with E-state index in [1.807, 2.05) is 71.8 Å². The number of ether oxygens (including phenoxy) is 6. The highest BCUT2D eigenvalue weighted by atomic mass is 16.7. The zero-order chi connectivity index (χ0) is 40.5. The maximum Gasteiger partial charge on any atom is 0.410 e. The number of carbonyl (C=O) groups excluding carboxylic acids is 2. The molecule has 0 saturated carbocycles. The quantitative estimate of drug-likeness (QED) is 0.310. The van der Waals surface area contributed by atoms with E-state index in [-0.39, 0.29) is 43.8 Å². The minimum atomic E-state index is -1.13. The molecule has 0 aliphatic carbocycles. The summed E-state index contributed by atoms with van der Waals surface area (Å²) in [5, 5.41) is 16.2. The fraction of sp³-hybridized carbons (Fsp3) is 0.780. The number of hydrogen-bond donors (Lipinski definition) is 1. The molecular weight excluding hydrogens is 722 g/mol. The van der Waals surface area contributed by atoms with Gasteiger partial charge in [-0.1, -0.05) is 38.9 Å². The highest BCUT2D eigenvalue weighted by Gasteiger charge is 2.60. The number of esters is 1. The fourth-order valence-corrected chi connectivity index (χ4v) is 9.89. The standard InChI is InChI=1S/C41H63N5O10/c1-11-31-41(8)35-25(4)32(43-16-17-46(35)39(49)56-41)23(2)19-40(7)36(55-38-33(47)30(45(9)10)18-24(3)53-38)26(5)34(27(6)37(48)54-31)50-20-29(21-51-40)44-52-22-28-14-12-13-15-42-28/h12-15,23-27,30-31,33-36,38,47H,11,16-22H2,1-10H3/b44-29+/t23-,24+,25+,26+,27-,30-,31-,33+,34+,35-,36-,38-,40-,41-/m1/s1. The van der Waals surface area contributed by atoms with Crippen LogP contribution in [0.4, 0.5) is 4.79 Å². The van der Waals surface area contributed by atoms with E-state index in [0.717, 1.165) is 5.71 Å². The Morgan fingerprint density at radius 2 is 1.86 bits per heavy atom. The van der Waals surface area contributed by atoms with E-state index >= 15 is 0 Å². The molecule has 4 bridgehead atoms. The zero-order valence-electron chi connectivity index (χ0n) is 34.8. The third-order valence-corrected chi connectivity index (χ3v) is 12.7. The summed E-state index contributed by atoms with van der Waals surface area (Å²) in [7, 11) is 3.87. The van der Waals surface area contributed by atoms with Crippen molar-refractivity contribution >= 4 is 23.5 Å². The molecule has 14 atom stereocenters. The molecule has 4 fully saturated rings. The number of aromatic nitrogens is 1. The van der Waals surface area contributed by atoms with Crippen molar-refractivity contribution in [3.05, 3.63) is 30.1 Å². The molecule has 312 valence electrons. The van der Waals surface area contributed by atoms with Gasteiger partial charge in [-0.3, -0.25) is 19.7 Å². The van der Waals surface area contributed by atoms with Gasteiger partial charge in [-0.2, -0.15) is 0 Å². The second-order valence-corrected chi connectivity index (χ2v) is 17.1. The number of amides is 1. The first-order valence-corrected chi connectivity index (χ1v) is 20.3. The summed E-state index contributed by atoms with van der Waals surface area (Å²) in [5.74, 6) is -2.22. The van der Waals surface area contributed by atoms with Gasteiger partial charge in [0.1, 0.15) is 17.9 Å². The Labute approximate surface area is 331 Å². The number of rotatable bonds is 7. The summed E-state index contributed by atoms with van der Waals surface area (Å²) in [4.78, 5) is 46.9. The molecule has 56 heavy (non-hydrogen) atoms. The van der Waals surface area contributed by atoms with Gasteiger partial charge in [0.2, 0.25) is 0 Å². The van der Waals surface area contributed by atoms with Crippen LogP contribution in [0.5, 0.6) is 0 Å². The maximum absolute atomic E-state index is 14.5. The first-order valence-electron chi connectivity index (χ1n) is 20.3. The van der Waals surface area contributed by atoms with Crippen LogP contribution in [0.1, 0.15) is 80.3 Å². The van der Waals surface area contributed by atoms with Crippen molar-refractivity contribution in [1.82, 2.24) is 14.8 Å². The normalized spacial score (nSPS) is 41.8. The highest BCUT2D eigenvalue weighted by Crippen LogP contribution is 2.45. The van der Waals surface area contributed by atoms with Crippen LogP contribution in [0.15, 0.2) is 34.5 Å². The van der Waals surface area contributed by atoms with Gasteiger partial charge in [0, 0.05) is 36.3 Å². The Hall–Kier alpha value is -3.21. The van der Waals surface area contributed by atoms with E-state index in [0.29, 0.717) is 43.8 Å². The molecular formula is C41H63N5O10. The van der Waals surface area contributed by atoms with Crippen molar-refractivity contribution in [2.45, 2.75) is 141 Å². The molecule has 1 N–H and O–H groups in total. The summed E-state index contributed by atoms with van der Waals surface area (Å²) in [5.41, 5.74) is -0.0988. The van der Waals surface area contributed by atoms with Crippen LogP contribution in [-0.4, -0.2) is 144 Å². The van der Waals surface area contributed by atoms with Crippen molar-refractivity contribution in [3.63, 3.8) is 0 Å². The molecule has 6 heterocycles. The van der Waals surface area contributed by atoms with Crippen LogP contribution in [-0.2, 0) is 44.7 Å². The molecule has 0 radical (unpaired) electrons. The number of carbonyl (C=O) groups is 2. The number of aliphatic hydroxyl groups is 1. The predicted molar refractivity (Wildman–Crippen MR) is 207 cm³/mol. The van der Waals surface area contributed by atoms with E-state index in [4.69, 9.17) is 38.3 Å². The monoisotopic (exact) mass is 785 g/mol.